The number of rotatable bonds is 8. The second-order valence-electron chi connectivity index (χ2n) is 7.56. The van der Waals surface area contributed by atoms with Crippen LogP contribution in [0.15, 0.2) is 30.6 Å². The maximum atomic E-state index is 15.5. The number of benzene rings is 1. The molecule has 1 aromatic heterocycles. The van der Waals surface area contributed by atoms with E-state index in [9.17, 15) is 4.79 Å². The molecule has 4 nitrogen and oxygen atoms in total. The van der Waals surface area contributed by atoms with Gasteiger partial charge < -0.3 is 14.8 Å². The Morgan fingerprint density at radius 2 is 2.19 bits per heavy atom. The van der Waals surface area contributed by atoms with Crippen molar-refractivity contribution >= 4 is 23.0 Å². The molecule has 0 unspecified atom stereocenters. The van der Waals surface area contributed by atoms with E-state index in [0.29, 0.717) is 42.7 Å². The van der Waals surface area contributed by atoms with Gasteiger partial charge in [0.25, 0.3) is 0 Å². The fourth-order valence-electron chi connectivity index (χ4n) is 3.61. The summed E-state index contributed by atoms with van der Waals surface area (Å²) in [5, 5.41) is 3.57. The van der Waals surface area contributed by atoms with Gasteiger partial charge in [-0.1, -0.05) is 26.5 Å². The summed E-state index contributed by atoms with van der Waals surface area (Å²) in [6.07, 6.45) is 6.81. The van der Waals surface area contributed by atoms with E-state index >= 15 is 4.39 Å². The first-order valence-corrected chi connectivity index (χ1v) is 9.36. The lowest BCUT2D eigenvalue weighted by molar-refractivity contribution is -0.108. The maximum Gasteiger partial charge on any atom is 0.211 e. The van der Waals surface area contributed by atoms with E-state index in [0.717, 1.165) is 23.7 Å². The number of carbonyl (C=O) groups is 1. The smallest absolute Gasteiger partial charge is 0.211 e. The van der Waals surface area contributed by atoms with E-state index in [2.05, 4.69) is 36.5 Å². The number of nitrogens with one attached hydrogen (secondary N) is 1. The van der Waals surface area contributed by atoms with Crippen LogP contribution in [0.25, 0.3) is 10.9 Å². The minimum atomic E-state index is -0.155. The zero-order chi connectivity index (χ0) is 18.8. The van der Waals surface area contributed by atoms with Crippen molar-refractivity contribution in [3.63, 3.8) is 0 Å². The van der Waals surface area contributed by atoms with Crippen LogP contribution >= 0.6 is 0 Å². The number of fused-ring (bicyclic) bond motifs is 1. The molecule has 0 atom stereocenters. The van der Waals surface area contributed by atoms with E-state index in [1.165, 1.54) is 12.0 Å². The lowest BCUT2D eigenvalue weighted by Gasteiger charge is -2.29. The van der Waals surface area contributed by atoms with Crippen LogP contribution in [0.4, 0.5) is 10.1 Å². The highest BCUT2D eigenvalue weighted by atomic mass is 19.1. The van der Waals surface area contributed by atoms with E-state index in [1.807, 2.05) is 24.1 Å². The molecule has 1 aliphatic carbocycles. The van der Waals surface area contributed by atoms with Gasteiger partial charge in [-0.2, -0.15) is 0 Å². The molecule has 5 heteroatoms. The summed E-state index contributed by atoms with van der Waals surface area (Å²) in [6.45, 7) is 8.69. The second-order valence-corrected chi connectivity index (χ2v) is 7.56. The van der Waals surface area contributed by atoms with Gasteiger partial charge in [0.1, 0.15) is 0 Å². The number of hydrogen-bond donors (Lipinski definition) is 1. The molecule has 1 aliphatic rings. The molecule has 0 radical (unpaired) electrons. The van der Waals surface area contributed by atoms with Gasteiger partial charge in [0, 0.05) is 43.3 Å². The van der Waals surface area contributed by atoms with Crippen molar-refractivity contribution in [1.29, 1.82) is 0 Å². The van der Waals surface area contributed by atoms with Gasteiger partial charge in [-0.15, -0.1) is 0 Å². The van der Waals surface area contributed by atoms with E-state index in [4.69, 9.17) is 0 Å². The Bertz CT molecular complexity index is 820. The number of anilines is 1. The van der Waals surface area contributed by atoms with Gasteiger partial charge in [-0.25, -0.2) is 4.39 Å². The summed E-state index contributed by atoms with van der Waals surface area (Å²) < 4.78 is 17.7. The monoisotopic (exact) mass is 357 g/mol. The average molecular weight is 357 g/mol. The van der Waals surface area contributed by atoms with Gasteiger partial charge in [0.05, 0.1) is 11.2 Å². The fraction of sp³-hybridized carbons (Fsp3) is 0.476. The Kier molecular flexibility index (Phi) is 5.35. The van der Waals surface area contributed by atoms with Crippen LogP contribution in [0.5, 0.6) is 0 Å². The molecule has 1 amide bonds. The van der Waals surface area contributed by atoms with Crippen LogP contribution in [-0.2, 0) is 4.79 Å². The third-order valence-corrected chi connectivity index (χ3v) is 5.46. The van der Waals surface area contributed by atoms with Crippen molar-refractivity contribution in [2.75, 3.05) is 18.5 Å². The summed E-state index contributed by atoms with van der Waals surface area (Å²) in [5.41, 5.74) is 3.16. The minimum absolute atomic E-state index is 0.155. The zero-order valence-corrected chi connectivity index (χ0v) is 15.9. The highest BCUT2D eigenvalue weighted by Crippen LogP contribution is 2.40. The molecule has 0 aliphatic heterocycles. The number of nitrogens with zero attached hydrogens (tertiary/aromatic N) is 2. The first-order valence-electron chi connectivity index (χ1n) is 9.36. The van der Waals surface area contributed by atoms with Gasteiger partial charge in [-0.3, -0.25) is 4.79 Å². The van der Waals surface area contributed by atoms with Crippen LogP contribution in [0.2, 0.25) is 0 Å². The Balaban J connectivity index is 1.96. The highest BCUT2D eigenvalue weighted by molar-refractivity contribution is 5.88. The summed E-state index contributed by atoms with van der Waals surface area (Å²) in [4.78, 5) is 12.4. The van der Waals surface area contributed by atoms with Crippen molar-refractivity contribution in [1.82, 2.24) is 9.88 Å². The van der Waals surface area contributed by atoms with E-state index in [1.54, 1.807) is 0 Å². The molecule has 0 bridgehead atoms. The molecule has 1 aromatic carbocycles. The normalized spacial score (nSPS) is 14.5. The zero-order valence-electron chi connectivity index (χ0n) is 15.9. The molecule has 0 saturated heterocycles. The number of halogens is 1. The quantitative estimate of drug-likeness (QED) is 0.695. The average Bonchev–Trinajstić information content (AvgIpc) is 2.92. The third-order valence-electron chi connectivity index (χ3n) is 5.46. The van der Waals surface area contributed by atoms with Crippen LogP contribution in [-0.4, -0.2) is 24.6 Å². The lowest BCUT2D eigenvalue weighted by atomic mass is 9.93. The summed E-state index contributed by atoms with van der Waals surface area (Å²) in [6, 6.07) is 4.33. The lowest BCUT2D eigenvalue weighted by Crippen LogP contribution is -2.23. The molecule has 1 heterocycles. The first-order chi connectivity index (χ1) is 12.4. The Morgan fingerprint density at radius 1 is 1.46 bits per heavy atom. The van der Waals surface area contributed by atoms with Crippen LogP contribution in [0, 0.1) is 5.82 Å². The largest absolute Gasteiger partial charge is 0.372 e. The fourth-order valence-corrected chi connectivity index (χ4v) is 3.61. The predicted octanol–water partition coefficient (Wildman–Crippen LogP) is 4.71. The molecule has 1 N–H and O–H groups in total. The molecular weight excluding hydrogens is 329 g/mol. The van der Waals surface area contributed by atoms with Crippen molar-refractivity contribution in [3.8, 4) is 0 Å². The Morgan fingerprint density at radius 3 is 2.77 bits per heavy atom. The van der Waals surface area contributed by atoms with Crippen LogP contribution in [0.3, 0.4) is 0 Å². The molecule has 1 fully saturated rings. The van der Waals surface area contributed by atoms with Crippen LogP contribution < -0.4 is 10.2 Å². The summed E-state index contributed by atoms with van der Waals surface area (Å²) >= 11 is 0. The van der Waals surface area contributed by atoms with E-state index in [-0.39, 0.29) is 5.82 Å². The molecule has 1 saturated carbocycles. The maximum absolute atomic E-state index is 15.5. The van der Waals surface area contributed by atoms with Crippen molar-refractivity contribution in [2.24, 2.45) is 0 Å². The highest BCUT2D eigenvalue weighted by Gasteiger charge is 2.26. The Labute approximate surface area is 154 Å². The summed E-state index contributed by atoms with van der Waals surface area (Å²) in [7, 11) is 1.87. The minimum Gasteiger partial charge on any atom is -0.372 e. The topological polar surface area (TPSA) is 37.3 Å². The van der Waals surface area contributed by atoms with Gasteiger partial charge in [0.2, 0.25) is 6.41 Å². The third kappa shape index (κ3) is 3.35. The predicted molar refractivity (Wildman–Crippen MR) is 105 cm³/mol. The molecule has 0 spiro atoms. The molecular formula is C21H28FN3O. The first kappa shape index (κ1) is 18.5. The van der Waals surface area contributed by atoms with Gasteiger partial charge in [0.15, 0.2) is 5.82 Å². The van der Waals surface area contributed by atoms with Crippen molar-refractivity contribution in [3.05, 3.63) is 42.0 Å². The van der Waals surface area contributed by atoms with Gasteiger partial charge in [-0.05, 0) is 36.8 Å². The van der Waals surface area contributed by atoms with Crippen molar-refractivity contribution < 1.29 is 9.18 Å². The summed E-state index contributed by atoms with van der Waals surface area (Å²) in [5.74, 6) is 0.206. The SMILES string of the molecule is C=C(CCN(C)c1ccc2c(C(C)C)cn(C3CCC3)c2c1F)NC=O. The molecule has 26 heavy (non-hydrogen) atoms. The van der Waals surface area contributed by atoms with Gasteiger partial charge >= 0.3 is 0 Å². The Hall–Kier alpha value is -2.30. The van der Waals surface area contributed by atoms with E-state index < -0.39 is 0 Å². The number of carbonyl (C=O) groups excluding carboxylic acids is 1. The van der Waals surface area contributed by atoms with Crippen molar-refractivity contribution in [2.45, 2.75) is 51.5 Å². The molecule has 3 rings (SSSR count). The second kappa shape index (κ2) is 7.52. The number of aromatic nitrogens is 1. The molecule has 2 aromatic rings. The number of hydrogen-bond acceptors (Lipinski definition) is 2. The molecule has 140 valence electrons. The number of amides is 1. The van der Waals surface area contributed by atoms with Crippen LogP contribution in [0.1, 0.15) is 57.1 Å². The standard InChI is InChI=1S/C21H28FN3O/c1-14(2)18-12-25(16-6-5-7-16)21-17(18)8-9-19(20(21)22)24(4)11-10-15(3)23-13-26/h8-9,12-14,16H,3,5-7,10-11H2,1-2,4H3,(H,23,26).